The Kier molecular flexibility index (Phi) is 3.62. The Morgan fingerprint density at radius 2 is 1.80 bits per heavy atom. The Morgan fingerprint density at radius 3 is 2.52 bits per heavy atom. The molecule has 0 aliphatic heterocycles. The van der Waals surface area contributed by atoms with E-state index in [4.69, 9.17) is 11.6 Å². The van der Waals surface area contributed by atoms with Gasteiger partial charge in [0.05, 0.1) is 21.6 Å². The summed E-state index contributed by atoms with van der Waals surface area (Å²) in [6, 6.07) is 11.1. The summed E-state index contributed by atoms with van der Waals surface area (Å²) in [5.74, 6) is 0.338. The molecule has 0 saturated carbocycles. The first kappa shape index (κ1) is 15.5. The van der Waals surface area contributed by atoms with Crippen molar-refractivity contribution in [2.24, 2.45) is 0 Å². The first-order chi connectivity index (χ1) is 12.0. The maximum absolute atomic E-state index is 13.2. The number of hydrogen-bond donors (Lipinski definition) is 0. The number of aryl methyl sites for hydroxylation is 2. The van der Waals surface area contributed by atoms with Gasteiger partial charge in [0.25, 0.3) is 5.56 Å². The predicted octanol–water partition coefficient (Wildman–Crippen LogP) is 3.24. The molecule has 0 aliphatic carbocycles. The second kappa shape index (κ2) is 5.82. The first-order valence-corrected chi connectivity index (χ1v) is 8.07. The molecule has 4 rings (SSSR count). The highest BCUT2D eigenvalue weighted by Gasteiger charge is 2.17. The van der Waals surface area contributed by atoms with E-state index in [-0.39, 0.29) is 5.56 Å². The zero-order valence-corrected chi connectivity index (χ0v) is 14.4. The highest BCUT2D eigenvalue weighted by atomic mass is 35.5. The fraction of sp³-hybridized carbons (Fsp3) is 0.111. The average Bonchev–Trinajstić information content (AvgIpc) is 3.11. The van der Waals surface area contributed by atoms with Crippen LogP contribution in [0.3, 0.4) is 0 Å². The molecule has 0 fully saturated rings. The average molecular weight is 352 g/mol. The number of fused-ring (bicyclic) bond motifs is 1. The van der Waals surface area contributed by atoms with Crippen LogP contribution in [0.1, 0.15) is 11.1 Å². The van der Waals surface area contributed by atoms with Crippen molar-refractivity contribution in [2.75, 3.05) is 0 Å². The van der Waals surface area contributed by atoms with E-state index in [2.05, 4.69) is 15.1 Å². The molecule has 2 aromatic heterocycles. The SMILES string of the molecule is Cc1ccc(-n2c(-n3cncn3)nc3ccc(C)cc3c2=O)c(Cl)c1. The lowest BCUT2D eigenvalue weighted by Gasteiger charge is -2.14. The van der Waals surface area contributed by atoms with E-state index < -0.39 is 0 Å². The van der Waals surface area contributed by atoms with Crippen LogP contribution in [0.2, 0.25) is 5.02 Å². The van der Waals surface area contributed by atoms with Gasteiger partial charge >= 0.3 is 0 Å². The molecular formula is C18H14ClN5O. The van der Waals surface area contributed by atoms with E-state index in [0.717, 1.165) is 11.1 Å². The monoisotopic (exact) mass is 351 g/mol. The van der Waals surface area contributed by atoms with E-state index in [1.54, 1.807) is 0 Å². The number of hydrogen-bond acceptors (Lipinski definition) is 4. The molecular weight excluding hydrogens is 338 g/mol. The molecule has 0 saturated heterocycles. The summed E-state index contributed by atoms with van der Waals surface area (Å²) in [4.78, 5) is 21.8. The molecule has 25 heavy (non-hydrogen) atoms. The van der Waals surface area contributed by atoms with E-state index >= 15 is 0 Å². The summed E-state index contributed by atoms with van der Waals surface area (Å²) in [6.45, 7) is 3.88. The third-order valence-corrected chi connectivity index (χ3v) is 4.28. The minimum atomic E-state index is -0.204. The second-order valence-electron chi connectivity index (χ2n) is 5.87. The Balaban J connectivity index is 2.15. The van der Waals surface area contributed by atoms with Crippen molar-refractivity contribution < 1.29 is 0 Å². The first-order valence-electron chi connectivity index (χ1n) is 7.69. The van der Waals surface area contributed by atoms with Crippen LogP contribution < -0.4 is 5.56 Å². The van der Waals surface area contributed by atoms with Crippen LogP contribution in [0.5, 0.6) is 0 Å². The zero-order chi connectivity index (χ0) is 17.6. The van der Waals surface area contributed by atoms with Crippen LogP contribution in [0.15, 0.2) is 53.8 Å². The van der Waals surface area contributed by atoms with Gasteiger partial charge in [0.15, 0.2) is 0 Å². The summed E-state index contributed by atoms with van der Waals surface area (Å²) in [6.07, 6.45) is 2.90. The molecule has 0 bridgehead atoms. The molecule has 0 radical (unpaired) electrons. The maximum Gasteiger partial charge on any atom is 0.267 e. The van der Waals surface area contributed by atoms with Gasteiger partial charge in [-0.3, -0.25) is 4.79 Å². The van der Waals surface area contributed by atoms with Crippen molar-refractivity contribution in [3.63, 3.8) is 0 Å². The minimum absolute atomic E-state index is 0.204. The molecule has 2 aromatic carbocycles. The third kappa shape index (κ3) is 2.60. The summed E-state index contributed by atoms with van der Waals surface area (Å²) >= 11 is 6.42. The van der Waals surface area contributed by atoms with Crippen molar-refractivity contribution in [2.45, 2.75) is 13.8 Å². The molecule has 0 amide bonds. The van der Waals surface area contributed by atoms with Crippen molar-refractivity contribution >= 4 is 22.5 Å². The lowest BCUT2D eigenvalue weighted by atomic mass is 10.1. The number of aromatic nitrogens is 5. The molecule has 124 valence electrons. The Morgan fingerprint density at radius 1 is 1.04 bits per heavy atom. The normalized spacial score (nSPS) is 11.2. The largest absolute Gasteiger partial charge is 0.268 e. The van der Waals surface area contributed by atoms with Crippen LogP contribution in [0, 0.1) is 13.8 Å². The van der Waals surface area contributed by atoms with Gasteiger partial charge in [0, 0.05) is 0 Å². The molecule has 0 spiro atoms. The highest BCUT2D eigenvalue weighted by Crippen LogP contribution is 2.24. The fourth-order valence-electron chi connectivity index (χ4n) is 2.76. The predicted molar refractivity (Wildman–Crippen MR) is 96.7 cm³/mol. The zero-order valence-electron chi connectivity index (χ0n) is 13.6. The van der Waals surface area contributed by atoms with Crippen molar-refractivity contribution in [1.29, 1.82) is 0 Å². The number of nitrogens with zero attached hydrogens (tertiary/aromatic N) is 5. The van der Waals surface area contributed by atoms with Gasteiger partial charge in [-0.2, -0.15) is 9.78 Å². The van der Waals surface area contributed by atoms with Crippen LogP contribution >= 0.6 is 11.6 Å². The third-order valence-electron chi connectivity index (χ3n) is 3.97. The standard InChI is InChI=1S/C18H14ClN5O/c1-11-3-5-15-13(7-11)17(25)24(16-6-4-12(2)8-14(16)19)18(22-15)23-10-20-9-21-23/h3-10H,1-2H3. The van der Waals surface area contributed by atoms with Crippen molar-refractivity contribution in [1.82, 2.24) is 24.3 Å². The smallest absolute Gasteiger partial charge is 0.267 e. The molecule has 2 heterocycles. The molecule has 0 unspecified atom stereocenters. The Labute approximate surface area is 148 Å². The minimum Gasteiger partial charge on any atom is -0.268 e. The lowest BCUT2D eigenvalue weighted by Crippen LogP contribution is -2.25. The van der Waals surface area contributed by atoms with E-state index in [1.165, 1.54) is 21.9 Å². The van der Waals surface area contributed by atoms with Crippen LogP contribution in [-0.4, -0.2) is 24.3 Å². The maximum atomic E-state index is 13.2. The molecule has 6 nitrogen and oxygen atoms in total. The Hall–Kier alpha value is -2.99. The quantitative estimate of drug-likeness (QED) is 0.556. The summed E-state index contributed by atoms with van der Waals surface area (Å²) in [5, 5.41) is 5.12. The van der Waals surface area contributed by atoms with Crippen molar-refractivity contribution in [3.05, 3.63) is 75.6 Å². The molecule has 0 N–H and O–H groups in total. The Bertz CT molecular complexity index is 1150. The van der Waals surface area contributed by atoms with E-state index in [9.17, 15) is 4.79 Å². The number of halogens is 1. The molecule has 4 aromatic rings. The molecule has 7 heteroatoms. The summed E-state index contributed by atoms with van der Waals surface area (Å²) < 4.78 is 2.93. The van der Waals surface area contributed by atoms with Gasteiger partial charge in [0.2, 0.25) is 5.95 Å². The van der Waals surface area contributed by atoms with Gasteiger partial charge in [0.1, 0.15) is 12.7 Å². The topological polar surface area (TPSA) is 65.6 Å². The van der Waals surface area contributed by atoms with Crippen LogP contribution in [-0.2, 0) is 0 Å². The molecule has 0 atom stereocenters. The van der Waals surface area contributed by atoms with Gasteiger partial charge in [-0.1, -0.05) is 29.3 Å². The van der Waals surface area contributed by atoms with E-state index in [0.29, 0.717) is 27.6 Å². The number of benzene rings is 2. The molecule has 0 aliphatic rings. The number of rotatable bonds is 2. The summed E-state index contributed by atoms with van der Waals surface area (Å²) in [5.41, 5.74) is 2.94. The van der Waals surface area contributed by atoms with Gasteiger partial charge in [-0.15, -0.1) is 0 Å². The summed E-state index contributed by atoms with van der Waals surface area (Å²) in [7, 11) is 0. The fourth-order valence-corrected chi connectivity index (χ4v) is 3.08. The van der Waals surface area contributed by atoms with Gasteiger partial charge < -0.3 is 0 Å². The van der Waals surface area contributed by atoms with Crippen LogP contribution in [0.4, 0.5) is 0 Å². The second-order valence-corrected chi connectivity index (χ2v) is 6.28. The van der Waals surface area contributed by atoms with Crippen LogP contribution in [0.25, 0.3) is 22.5 Å². The lowest BCUT2D eigenvalue weighted by molar-refractivity contribution is 0.760. The highest BCUT2D eigenvalue weighted by molar-refractivity contribution is 6.32. The van der Waals surface area contributed by atoms with Gasteiger partial charge in [-0.25, -0.2) is 14.5 Å². The van der Waals surface area contributed by atoms with Crippen molar-refractivity contribution in [3.8, 4) is 11.6 Å². The van der Waals surface area contributed by atoms with Gasteiger partial charge in [-0.05, 0) is 43.7 Å². The van der Waals surface area contributed by atoms with E-state index in [1.807, 2.05) is 50.2 Å².